The lowest BCUT2D eigenvalue weighted by Gasteiger charge is -2.09. The number of carbonyl (C=O) groups is 1. The van der Waals surface area contributed by atoms with E-state index in [0.29, 0.717) is 11.0 Å². The van der Waals surface area contributed by atoms with Crippen LogP contribution in [0.3, 0.4) is 0 Å². The zero-order chi connectivity index (χ0) is 12.7. The van der Waals surface area contributed by atoms with Gasteiger partial charge in [-0.1, -0.05) is 42.4 Å². The minimum absolute atomic E-state index is 0.324. The van der Waals surface area contributed by atoms with Gasteiger partial charge >= 0.3 is 7.05 Å². The molecule has 0 saturated heterocycles. The van der Waals surface area contributed by atoms with E-state index in [9.17, 15) is 9.82 Å². The number of carbonyl (C=O) groups excluding carboxylic acids is 1. The largest absolute Gasteiger partial charge is 0.444 e. The molecular formula is C12H18BNO2. The van der Waals surface area contributed by atoms with Gasteiger partial charge in [0.05, 0.1) is 0 Å². The molecule has 0 aliphatic carbocycles. The molecule has 0 heterocycles. The fourth-order valence-electron chi connectivity index (χ4n) is 1.02. The van der Waals surface area contributed by atoms with Crippen molar-refractivity contribution in [2.45, 2.75) is 20.8 Å². The minimum Gasteiger partial charge on any atom is -0.429 e. The molecule has 0 rings (SSSR count). The highest BCUT2D eigenvalue weighted by molar-refractivity contribution is 6.59. The Bertz CT molecular complexity index is 352. The molecule has 1 amide bonds. The standard InChI is InChI=1S/C12H18BNO2/c1-6-7-11(5)13(16)14-12(15)10(4)8-9(2)3/h6-8,16H,1,4H2,2-3,5H3,(H,14,15)/b11-7+. The molecule has 2 N–H and O–H groups in total. The summed E-state index contributed by atoms with van der Waals surface area (Å²) in [5.41, 5.74) is 1.92. The quantitative estimate of drug-likeness (QED) is 0.420. The van der Waals surface area contributed by atoms with Crippen LogP contribution in [0.1, 0.15) is 20.8 Å². The van der Waals surface area contributed by atoms with Crippen LogP contribution in [0.15, 0.2) is 48.0 Å². The Hall–Kier alpha value is -1.55. The summed E-state index contributed by atoms with van der Waals surface area (Å²) >= 11 is 0. The summed E-state index contributed by atoms with van der Waals surface area (Å²) in [6.07, 6.45) is 4.85. The predicted octanol–water partition coefficient (Wildman–Crippen LogP) is 1.78. The van der Waals surface area contributed by atoms with Crippen molar-refractivity contribution < 1.29 is 9.82 Å². The average Bonchev–Trinajstić information content (AvgIpc) is 2.16. The molecule has 0 aromatic carbocycles. The Morgan fingerprint density at radius 1 is 1.38 bits per heavy atom. The highest BCUT2D eigenvalue weighted by Gasteiger charge is 2.17. The summed E-state index contributed by atoms with van der Waals surface area (Å²) in [6.45, 7) is 12.6. The van der Waals surface area contributed by atoms with Gasteiger partial charge in [-0.15, -0.1) is 0 Å². The molecule has 3 nitrogen and oxygen atoms in total. The zero-order valence-electron chi connectivity index (χ0n) is 10.1. The number of hydrogen-bond donors (Lipinski definition) is 2. The summed E-state index contributed by atoms with van der Waals surface area (Å²) in [5.74, 6) is -0.384. The summed E-state index contributed by atoms with van der Waals surface area (Å²) in [7, 11) is -1.01. The monoisotopic (exact) mass is 219 g/mol. The van der Waals surface area contributed by atoms with Gasteiger partial charge in [-0.2, -0.15) is 0 Å². The van der Waals surface area contributed by atoms with E-state index in [1.807, 2.05) is 13.8 Å². The van der Waals surface area contributed by atoms with Crippen LogP contribution in [0.25, 0.3) is 0 Å². The molecule has 0 aromatic rings. The van der Waals surface area contributed by atoms with E-state index in [0.717, 1.165) is 5.57 Å². The summed E-state index contributed by atoms with van der Waals surface area (Å²) in [6, 6.07) is 0. The van der Waals surface area contributed by atoms with E-state index in [4.69, 9.17) is 0 Å². The van der Waals surface area contributed by atoms with Gasteiger partial charge < -0.3 is 10.3 Å². The zero-order valence-corrected chi connectivity index (χ0v) is 10.1. The van der Waals surface area contributed by atoms with Crippen LogP contribution in [-0.4, -0.2) is 18.0 Å². The summed E-state index contributed by atoms with van der Waals surface area (Å²) in [5, 5.41) is 12.0. The van der Waals surface area contributed by atoms with E-state index in [1.165, 1.54) is 0 Å². The van der Waals surface area contributed by atoms with E-state index >= 15 is 0 Å². The number of nitrogens with one attached hydrogen (secondary N) is 1. The van der Waals surface area contributed by atoms with Gasteiger partial charge in [0.25, 0.3) is 0 Å². The van der Waals surface area contributed by atoms with E-state index in [-0.39, 0.29) is 5.91 Å². The molecule has 0 atom stereocenters. The number of allylic oxidation sites excluding steroid dienone is 4. The van der Waals surface area contributed by atoms with Crippen LogP contribution in [0.5, 0.6) is 0 Å². The Kier molecular flexibility index (Phi) is 6.19. The lowest BCUT2D eigenvalue weighted by atomic mass is 9.74. The smallest absolute Gasteiger partial charge is 0.429 e. The van der Waals surface area contributed by atoms with Gasteiger partial charge in [0.2, 0.25) is 5.91 Å². The molecule has 0 spiro atoms. The second kappa shape index (κ2) is 6.85. The topological polar surface area (TPSA) is 49.3 Å². The van der Waals surface area contributed by atoms with Gasteiger partial charge in [-0.05, 0) is 20.8 Å². The SMILES string of the molecule is C=C/C=C(\C)B(O)NC(=O)C(=C)C=C(C)C. The highest BCUT2D eigenvalue weighted by atomic mass is 16.2. The Labute approximate surface area is 97.4 Å². The molecule has 0 aliphatic rings. The Morgan fingerprint density at radius 3 is 2.38 bits per heavy atom. The maximum Gasteiger partial charge on any atom is 0.444 e. The lowest BCUT2D eigenvalue weighted by Crippen LogP contribution is -2.40. The minimum atomic E-state index is -1.01. The van der Waals surface area contributed by atoms with Crippen molar-refractivity contribution in [3.63, 3.8) is 0 Å². The molecule has 86 valence electrons. The van der Waals surface area contributed by atoms with Crippen molar-refractivity contribution in [2.75, 3.05) is 0 Å². The average molecular weight is 219 g/mol. The van der Waals surface area contributed by atoms with E-state index in [1.54, 1.807) is 25.2 Å². The van der Waals surface area contributed by atoms with Gasteiger partial charge in [-0.3, -0.25) is 4.79 Å². The molecule has 0 saturated carbocycles. The predicted molar refractivity (Wildman–Crippen MR) is 68.6 cm³/mol. The van der Waals surface area contributed by atoms with Crippen molar-refractivity contribution in [2.24, 2.45) is 0 Å². The molecule has 4 heteroatoms. The molecule has 0 radical (unpaired) electrons. The number of hydrogen-bond acceptors (Lipinski definition) is 2. The molecule has 16 heavy (non-hydrogen) atoms. The lowest BCUT2D eigenvalue weighted by molar-refractivity contribution is -0.115. The number of rotatable bonds is 5. The van der Waals surface area contributed by atoms with Crippen molar-refractivity contribution in [3.05, 3.63) is 48.0 Å². The third-order valence-electron chi connectivity index (χ3n) is 1.83. The molecule has 0 bridgehead atoms. The van der Waals surface area contributed by atoms with Crippen LogP contribution >= 0.6 is 0 Å². The normalized spacial score (nSPS) is 10.4. The van der Waals surface area contributed by atoms with E-state index in [2.05, 4.69) is 18.4 Å². The molecule has 0 fully saturated rings. The third kappa shape index (κ3) is 5.36. The van der Waals surface area contributed by atoms with Crippen molar-refractivity contribution in [1.82, 2.24) is 5.23 Å². The maximum absolute atomic E-state index is 11.5. The van der Waals surface area contributed by atoms with Crippen molar-refractivity contribution in [1.29, 1.82) is 0 Å². The molecule has 0 unspecified atom stereocenters. The fourth-order valence-corrected chi connectivity index (χ4v) is 1.02. The van der Waals surface area contributed by atoms with Crippen molar-refractivity contribution in [3.8, 4) is 0 Å². The third-order valence-corrected chi connectivity index (χ3v) is 1.83. The van der Waals surface area contributed by atoms with Crippen LogP contribution in [0, 0.1) is 0 Å². The van der Waals surface area contributed by atoms with Crippen molar-refractivity contribution >= 4 is 13.0 Å². The van der Waals surface area contributed by atoms with Crippen LogP contribution in [0.2, 0.25) is 0 Å². The second-order valence-corrected chi connectivity index (χ2v) is 3.77. The van der Waals surface area contributed by atoms with Gasteiger partial charge in [-0.25, -0.2) is 0 Å². The summed E-state index contributed by atoms with van der Waals surface area (Å²) in [4.78, 5) is 11.5. The summed E-state index contributed by atoms with van der Waals surface area (Å²) < 4.78 is 0. The first-order chi connectivity index (χ1) is 7.38. The molecule has 0 aliphatic heterocycles. The Morgan fingerprint density at radius 2 is 1.94 bits per heavy atom. The Balaban J connectivity index is 4.47. The highest BCUT2D eigenvalue weighted by Crippen LogP contribution is 2.01. The van der Waals surface area contributed by atoms with Crippen LogP contribution in [0.4, 0.5) is 0 Å². The number of amides is 1. The molecule has 0 aromatic heterocycles. The second-order valence-electron chi connectivity index (χ2n) is 3.77. The van der Waals surface area contributed by atoms with Gasteiger partial charge in [0.15, 0.2) is 0 Å². The first-order valence-corrected chi connectivity index (χ1v) is 5.00. The van der Waals surface area contributed by atoms with Gasteiger partial charge in [0, 0.05) is 5.57 Å². The first kappa shape index (κ1) is 14.5. The van der Waals surface area contributed by atoms with E-state index < -0.39 is 7.05 Å². The van der Waals surface area contributed by atoms with Gasteiger partial charge in [0.1, 0.15) is 0 Å². The van der Waals surface area contributed by atoms with Crippen LogP contribution < -0.4 is 5.23 Å². The fraction of sp³-hybridized carbons (Fsp3) is 0.250. The maximum atomic E-state index is 11.5. The molecular weight excluding hydrogens is 201 g/mol. The first-order valence-electron chi connectivity index (χ1n) is 5.00. The van der Waals surface area contributed by atoms with Crippen LogP contribution in [-0.2, 0) is 4.79 Å².